The van der Waals surface area contributed by atoms with Crippen LogP contribution in [0.5, 0.6) is 5.75 Å². The molecule has 0 heterocycles. The molecule has 1 aromatic rings. The Kier molecular flexibility index (Phi) is 7.41. The Morgan fingerprint density at radius 3 is 2.61 bits per heavy atom. The normalized spacial score (nSPS) is 12.4. The van der Waals surface area contributed by atoms with Crippen molar-refractivity contribution in [1.82, 2.24) is 5.32 Å². The summed E-state index contributed by atoms with van der Waals surface area (Å²) in [7, 11) is 1.70. The summed E-state index contributed by atoms with van der Waals surface area (Å²) >= 11 is 0. The third kappa shape index (κ3) is 6.00. The Morgan fingerprint density at radius 2 is 2.00 bits per heavy atom. The zero-order valence-corrected chi connectivity index (χ0v) is 11.2. The van der Waals surface area contributed by atoms with Crippen molar-refractivity contribution in [2.45, 2.75) is 19.4 Å². The van der Waals surface area contributed by atoms with E-state index >= 15 is 0 Å². The van der Waals surface area contributed by atoms with Crippen molar-refractivity contribution in [1.29, 1.82) is 0 Å². The van der Waals surface area contributed by atoms with Gasteiger partial charge in [-0.1, -0.05) is 19.1 Å². The molecule has 102 valence electrons. The number of ether oxygens (including phenoxy) is 2. The average molecular weight is 253 g/mol. The summed E-state index contributed by atoms with van der Waals surface area (Å²) in [6.45, 7) is 4.45. The number of hydrogen-bond acceptors (Lipinski definition) is 4. The van der Waals surface area contributed by atoms with Crippen molar-refractivity contribution in [2.24, 2.45) is 0 Å². The maximum atomic E-state index is 9.61. The molecule has 0 fully saturated rings. The molecule has 4 nitrogen and oxygen atoms in total. The first-order valence-electron chi connectivity index (χ1n) is 6.35. The molecule has 18 heavy (non-hydrogen) atoms. The van der Waals surface area contributed by atoms with Crippen LogP contribution in [0.25, 0.3) is 0 Å². The van der Waals surface area contributed by atoms with Crippen molar-refractivity contribution in [3.63, 3.8) is 0 Å². The van der Waals surface area contributed by atoms with Gasteiger partial charge in [-0.15, -0.1) is 0 Å². The summed E-state index contributed by atoms with van der Waals surface area (Å²) in [5.74, 6) is 0.784. The van der Waals surface area contributed by atoms with Crippen LogP contribution in [0.1, 0.15) is 12.5 Å². The van der Waals surface area contributed by atoms with E-state index < -0.39 is 6.10 Å². The summed E-state index contributed by atoms with van der Waals surface area (Å²) in [5, 5.41) is 12.7. The molecule has 0 spiro atoms. The van der Waals surface area contributed by atoms with E-state index in [0.717, 1.165) is 25.3 Å². The van der Waals surface area contributed by atoms with Crippen molar-refractivity contribution in [3.05, 3.63) is 29.8 Å². The molecule has 0 aromatic heterocycles. The molecule has 1 rings (SSSR count). The highest BCUT2D eigenvalue weighted by atomic mass is 16.5. The van der Waals surface area contributed by atoms with Crippen LogP contribution in [0.4, 0.5) is 0 Å². The van der Waals surface area contributed by atoms with Gasteiger partial charge in [-0.25, -0.2) is 0 Å². The third-order valence-corrected chi connectivity index (χ3v) is 2.59. The van der Waals surface area contributed by atoms with Crippen LogP contribution in [0.3, 0.4) is 0 Å². The predicted molar refractivity (Wildman–Crippen MR) is 72.1 cm³/mol. The maximum absolute atomic E-state index is 9.61. The molecule has 1 atom stereocenters. The lowest BCUT2D eigenvalue weighted by Gasteiger charge is -2.12. The molecule has 0 aliphatic heterocycles. The lowest BCUT2D eigenvalue weighted by molar-refractivity contribution is 0.107. The van der Waals surface area contributed by atoms with Gasteiger partial charge in [-0.05, 0) is 30.7 Å². The summed E-state index contributed by atoms with van der Waals surface area (Å²) in [4.78, 5) is 0. The maximum Gasteiger partial charge on any atom is 0.119 e. The van der Waals surface area contributed by atoms with Crippen LogP contribution < -0.4 is 10.1 Å². The Labute approximate surface area is 109 Å². The van der Waals surface area contributed by atoms with E-state index in [0.29, 0.717) is 13.2 Å². The van der Waals surface area contributed by atoms with Crippen molar-refractivity contribution in [3.8, 4) is 5.75 Å². The minimum atomic E-state index is -0.474. The van der Waals surface area contributed by atoms with Crippen LogP contribution in [0.2, 0.25) is 0 Å². The van der Waals surface area contributed by atoms with Gasteiger partial charge in [0.2, 0.25) is 0 Å². The first-order chi connectivity index (χ1) is 8.76. The van der Waals surface area contributed by atoms with Gasteiger partial charge in [0, 0.05) is 13.7 Å². The zero-order valence-electron chi connectivity index (χ0n) is 11.2. The van der Waals surface area contributed by atoms with Gasteiger partial charge >= 0.3 is 0 Å². The average Bonchev–Trinajstić information content (AvgIpc) is 2.41. The highest BCUT2D eigenvalue weighted by Gasteiger charge is 2.04. The second-order valence-corrected chi connectivity index (χ2v) is 4.16. The quantitative estimate of drug-likeness (QED) is 0.695. The summed E-state index contributed by atoms with van der Waals surface area (Å²) < 4.78 is 10.5. The number of hydrogen-bond donors (Lipinski definition) is 2. The van der Waals surface area contributed by atoms with Gasteiger partial charge in [0.1, 0.15) is 18.5 Å². The number of methoxy groups -OCH3 is 1. The lowest BCUT2D eigenvalue weighted by atomic mass is 10.1. The van der Waals surface area contributed by atoms with Crippen molar-refractivity contribution in [2.75, 3.05) is 33.4 Å². The summed E-state index contributed by atoms with van der Waals surface area (Å²) in [5.41, 5.74) is 1.22. The van der Waals surface area contributed by atoms with Crippen molar-refractivity contribution < 1.29 is 14.6 Å². The Balaban J connectivity index is 2.30. The van der Waals surface area contributed by atoms with Crippen LogP contribution in [0, 0.1) is 0 Å². The molecule has 0 radical (unpaired) electrons. The topological polar surface area (TPSA) is 50.7 Å². The largest absolute Gasteiger partial charge is 0.491 e. The molecule has 0 saturated carbocycles. The van der Waals surface area contributed by atoms with E-state index in [1.807, 2.05) is 31.2 Å². The smallest absolute Gasteiger partial charge is 0.119 e. The third-order valence-electron chi connectivity index (χ3n) is 2.59. The van der Waals surface area contributed by atoms with Crippen molar-refractivity contribution >= 4 is 0 Å². The second-order valence-electron chi connectivity index (χ2n) is 4.16. The van der Waals surface area contributed by atoms with E-state index in [4.69, 9.17) is 9.47 Å². The number of aliphatic hydroxyl groups is 1. The van der Waals surface area contributed by atoms with Crippen LogP contribution >= 0.6 is 0 Å². The molecule has 0 bridgehead atoms. The monoisotopic (exact) mass is 253 g/mol. The molecule has 0 unspecified atom stereocenters. The second kappa shape index (κ2) is 8.91. The number of benzene rings is 1. The molecule has 0 aliphatic rings. The Hall–Kier alpha value is -1.10. The summed E-state index contributed by atoms with van der Waals surface area (Å²) in [6, 6.07) is 7.88. The van der Waals surface area contributed by atoms with E-state index in [2.05, 4.69) is 5.32 Å². The lowest BCUT2D eigenvalue weighted by Crippen LogP contribution is -2.31. The van der Waals surface area contributed by atoms with Crippen LogP contribution in [-0.4, -0.2) is 44.6 Å². The summed E-state index contributed by atoms with van der Waals surface area (Å²) in [6.07, 6.45) is 0.429. The van der Waals surface area contributed by atoms with Gasteiger partial charge in [0.25, 0.3) is 0 Å². The van der Waals surface area contributed by atoms with Gasteiger partial charge in [0.15, 0.2) is 0 Å². The Morgan fingerprint density at radius 1 is 1.28 bits per heavy atom. The van der Waals surface area contributed by atoms with Gasteiger partial charge in [0.05, 0.1) is 6.61 Å². The number of aliphatic hydroxyl groups excluding tert-OH is 1. The molecule has 0 amide bonds. The SMILES string of the molecule is CCNC[C@@H](O)COc1ccc(CCOC)cc1. The van der Waals surface area contributed by atoms with E-state index in [-0.39, 0.29) is 0 Å². The van der Waals surface area contributed by atoms with Crippen LogP contribution in [0.15, 0.2) is 24.3 Å². The predicted octanol–water partition coefficient (Wildman–Crippen LogP) is 1.22. The standard InChI is InChI=1S/C14H23NO3/c1-3-15-10-13(16)11-18-14-6-4-12(5-7-14)8-9-17-2/h4-7,13,15-16H,3,8-11H2,1-2H3/t13-/m1/s1. The number of likely N-dealkylation sites (N-methyl/N-ethyl adjacent to an activating group) is 1. The fourth-order valence-corrected chi connectivity index (χ4v) is 1.53. The van der Waals surface area contributed by atoms with E-state index in [1.54, 1.807) is 7.11 Å². The number of rotatable bonds is 9. The fourth-order valence-electron chi connectivity index (χ4n) is 1.53. The molecule has 1 aromatic carbocycles. The first-order valence-corrected chi connectivity index (χ1v) is 6.35. The minimum absolute atomic E-state index is 0.310. The first kappa shape index (κ1) is 15.0. The van der Waals surface area contributed by atoms with Gasteiger partial charge in [-0.2, -0.15) is 0 Å². The minimum Gasteiger partial charge on any atom is -0.491 e. The van der Waals surface area contributed by atoms with E-state index in [9.17, 15) is 5.11 Å². The highest BCUT2D eigenvalue weighted by molar-refractivity contribution is 5.27. The number of nitrogens with one attached hydrogen (secondary N) is 1. The molecule has 2 N–H and O–H groups in total. The van der Waals surface area contributed by atoms with Crippen LogP contribution in [-0.2, 0) is 11.2 Å². The molecule has 4 heteroatoms. The Bertz CT molecular complexity index is 313. The molecule has 0 aliphatic carbocycles. The zero-order chi connectivity index (χ0) is 13.2. The molecular weight excluding hydrogens is 230 g/mol. The molecule has 0 saturated heterocycles. The molecular formula is C14H23NO3. The van der Waals surface area contributed by atoms with Gasteiger partial charge in [-0.3, -0.25) is 0 Å². The van der Waals surface area contributed by atoms with Gasteiger partial charge < -0.3 is 19.9 Å². The highest BCUT2D eigenvalue weighted by Crippen LogP contribution is 2.12. The van der Waals surface area contributed by atoms with E-state index in [1.165, 1.54) is 5.56 Å². The fraction of sp³-hybridized carbons (Fsp3) is 0.571.